The van der Waals surface area contributed by atoms with Gasteiger partial charge in [0.05, 0.1) is 24.2 Å². The van der Waals surface area contributed by atoms with Crippen molar-refractivity contribution in [2.24, 2.45) is 0 Å². The summed E-state index contributed by atoms with van der Waals surface area (Å²) in [6, 6.07) is 26.0. The van der Waals surface area contributed by atoms with Crippen molar-refractivity contribution in [3.05, 3.63) is 88.9 Å². The molecule has 1 aliphatic heterocycles. The second-order valence-corrected chi connectivity index (χ2v) is 10.5. The number of hydrogen-bond acceptors (Lipinski definition) is 11. The molecule has 3 N–H and O–H groups in total. The van der Waals surface area contributed by atoms with Crippen LogP contribution in [-0.4, -0.2) is 50.6 Å². The third-order valence-corrected chi connectivity index (χ3v) is 7.57. The van der Waals surface area contributed by atoms with Gasteiger partial charge >= 0.3 is 6.01 Å². The minimum absolute atomic E-state index is 0.0777. The molecule has 13 heteroatoms. The zero-order valence-corrected chi connectivity index (χ0v) is 24.4. The Hall–Kier alpha value is -5.95. The highest BCUT2D eigenvalue weighted by Gasteiger charge is 2.23. The number of hydrogen-bond donors (Lipinski definition) is 2. The molecule has 0 unspecified atom stereocenters. The summed E-state index contributed by atoms with van der Waals surface area (Å²) in [6.45, 7) is 2.36. The fourth-order valence-electron chi connectivity index (χ4n) is 5.26. The van der Waals surface area contributed by atoms with Crippen LogP contribution in [0.1, 0.15) is 11.1 Å². The van der Waals surface area contributed by atoms with Crippen LogP contribution < -0.4 is 20.7 Å². The van der Waals surface area contributed by atoms with Gasteiger partial charge in [-0.2, -0.15) is 25.5 Å². The van der Waals surface area contributed by atoms with Crippen LogP contribution in [0, 0.1) is 22.7 Å². The number of nitriles is 2. The smallest absolute Gasteiger partial charge is 0.328 e. The van der Waals surface area contributed by atoms with E-state index >= 15 is 0 Å². The number of para-hydroxylation sites is 2. The van der Waals surface area contributed by atoms with Gasteiger partial charge in [0.2, 0.25) is 11.9 Å². The van der Waals surface area contributed by atoms with Crippen molar-refractivity contribution in [2.45, 2.75) is 0 Å². The van der Waals surface area contributed by atoms with Crippen molar-refractivity contribution in [2.75, 3.05) is 42.3 Å². The first-order valence-corrected chi connectivity index (χ1v) is 14.3. The number of imidazole rings is 1. The topological polar surface area (TPSA) is 163 Å². The molecule has 12 nitrogen and oxygen atoms in total. The second-order valence-electron chi connectivity index (χ2n) is 10.1. The standard InChI is InChI=1S/C32H23ClN10O2/c33-20-4-3-5-21(16-20)37-30-39-31(42-12-14-44-15-13-42)41-32(40-30)45-22-10-8-19(9-11-22)27-23(17-34)28(36)43-26-7-2-1-6-25(26)38-29(43)24(27)18-35/h1-11,16H,12-15,36H2,(H,37,39,40,41). The molecule has 1 saturated heterocycles. The molecule has 0 atom stereocenters. The molecule has 1 aliphatic rings. The Morgan fingerprint density at radius 2 is 1.67 bits per heavy atom. The highest BCUT2D eigenvalue weighted by Crippen LogP contribution is 2.37. The first-order chi connectivity index (χ1) is 22.0. The second kappa shape index (κ2) is 11.6. The van der Waals surface area contributed by atoms with Gasteiger partial charge in [-0.1, -0.05) is 41.9 Å². The first-order valence-electron chi connectivity index (χ1n) is 13.9. The van der Waals surface area contributed by atoms with Crippen molar-refractivity contribution in [1.82, 2.24) is 24.3 Å². The molecular formula is C32H23ClN10O2. The van der Waals surface area contributed by atoms with E-state index in [1.807, 2.05) is 41.3 Å². The number of pyridine rings is 1. The van der Waals surface area contributed by atoms with Crippen LogP contribution >= 0.6 is 11.6 Å². The van der Waals surface area contributed by atoms with Crippen molar-refractivity contribution in [3.8, 4) is 35.0 Å². The van der Waals surface area contributed by atoms with Crippen molar-refractivity contribution >= 4 is 51.7 Å². The van der Waals surface area contributed by atoms with Crippen molar-refractivity contribution in [1.29, 1.82) is 10.5 Å². The van der Waals surface area contributed by atoms with Crippen LogP contribution in [0.15, 0.2) is 72.8 Å². The van der Waals surface area contributed by atoms with E-state index in [2.05, 4.69) is 37.4 Å². The van der Waals surface area contributed by atoms with Crippen LogP contribution in [0.25, 0.3) is 27.8 Å². The number of ether oxygens (including phenoxy) is 2. The van der Waals surface area contributed by atoms with Gasteiger partial charge in [-0.15, -0.1) is 0 Å². The molecule has 0 spiro atoms. The van der Waals surface area contributed by atoms with Crippen molar-refractivity contribution in [3.63, 3.8) is 0 Å². The van der Waals surface area contributed by atoms with Crippen molar-refractivity contribution < 1.29 is 9.47 Å². The molecule has 45 heavy (non-hydrogen) atoms. The number of fused-ring (bicyclic) bond motifs is 3. The van der Waals surface area contributed by atoms with Gasteiger partial charge in [-0.05, 0) is 48.0 Å². The van der Waals surface area contributed by atoms with Gasteiger partial charge in [-0.3, -0.25) is 4.40 Å². The van der Waals surface area contributed by atoms with Crippen LogP contribution in [0.5, 0.6) is 11.8 Å². The van der Waals surface area contributed by atoms with Crippen LogP contribution in [0.2, 0.25) is 5.02 Å². The van der Waals surface area contributed by atoms with Gasteiger partial charge in [-0.25, -0.2) is 4.98 Å². The van der Waals surface area contributed by atoms with E-state index in [0.29, 0.717) is 76.5 Å². The first kappa shape index (κ1) is 27.9. The molecule has 1 fully saturated rings. The Morgan fingerprint density at radius 1 is 0.889 bits per heavy atom. The number of nitrogens with one attached hydrogen (secondary N) is 1. The number of rotatable bonds is 6. The third kappa shape index (κ3) is 5.25. The molecule has 3 aromatic heterocycles. The molecule has 0 bridgehead atoms. The Labute approximate surface area is 261 Å². The van der Waals surface area contributed by atoms with Gasteiger partial charge < -0.3 is 25.4 Å². The molecule has 4 heterocycles. The molecule has 6 aromatic rings. The summed E-state index contributed by atoms with van der Waals surface area (Å²) in [7, 11) is 0. The third-order valence-electron chi connectivity index (χ3n) is 7.33. The summed E-state index contributed by atoms with van der Waals surface area (Å²) in [4.78, 5) is 20.3. The number of benzene rings is 3. The zero-order valence-electron chi connectivity index (χ0n) is 23.6. The molecule has 0 saturated carbocycles. The Balaban J connectivity index is 1.25. The summed E-state index contributed by atoms with van der Waals surface area (Å²) in [5, 5.41) is 24.1. The predicted octanol–water partition coefficient (Wildman–Crippen LogP) is 5.69. The number of nitrogens with two attached hydrogens (primary N) is 1. The van der Waals surface area contributed by atoms with Gasteiger partial charge in [0.1, 0.15) is 34.8 Å². The summed E-state index contributed by atoms with van der Waals surface area (Å²) in [5.74, 6) is 1.37. The summed E-state index contributed by atoms with van der Waals surface area (Å²) in [6.07, 6.45) is 0. The molecule has 220 valence electrons. The number of halogens is 1. The average Bonchev–Trinajstić information content (AvgIpc) is 3.45. The number of nitrogen functional groups attached to an aromatic ring is 1. The fraction of sp³-hybridized carbons (Fsp3) is 0.125. The quantitative estimate of drug-likeness (QED) is 0.237. The number of anilines is 4. The number of nitrogens with zero attached hydrogens (tertiary/aromatic N) is 8. The van der Waals surface area contributed by atoms with Gasteiger partial charge in [0.25, 0.3) is 0 Å². The largest absolute Gasteiger partial charge is 0.424 e. The molecule has 0 radical (unpaired) electrons. The Kier molecular flexibility index (Phi) is 7.19. The summed E-state index contributed by atoms with van der Waals surface area (Å²) in [5.41, 5.74) is 10.4. The van der Waals surface area contributed by atoms with E-state index in [1.165, 1.54) is 0 Å². The van der Waals surface area contributed by atoms with E-state index in [1.54, 1.807) is 40.8 Å². The molecular weight excluding hydrogens is 592 g/mol. The molecule has 0 amide bonds. The predicted molar refractivity (Wildman–Crippen MR) is 170 cm³/mol. The van der Waals surface area contributed by atoms with E-state index in [0.717, 1.165) is 0 Å². The molecule has 7 rings (SSSR count). The van der Waals surface area contributed by atoms with Gasteiger partial charge in [0.15, 0.2) is 5.65 Å². The number of morpholine rings is 1. The lowest BCUT2D eigenvalue weighted by atomic mass is 9.96. The Morgan fingerprint density at radius 3 is 2.42 bits per heavy atom. The zero-order chi connectivity index (χ0) is 30.9. The molecule has 0 aliphatic carbocycles. The lowest BCUT2D eigenvalue weighted by molar-refractivity contribution is 0.122. The monoisotopic (exact) mass is 614 g/mol. The van der Waals surface area contributed by atoms with Crippen LogP contribution in [-0.2, 0) is 4.74 Å². The van der Waals surface area contributed by atoms with E-state index in [-0.39, 0.29) is 28.9 Å². The minimum Gasteiger partial charge on any atom is -0.424 e. The lowest BCUT2D eigenvalue weighted by Gasteiger charge is -2.27. The summed E-state index contributed by atoms with van der Waals surface area (Å²) >= 11 is 6.17. The average molecular weight is 615 g/mol. The van der Waals surface area contributed by atoms with E-state index < -0.39 is 0 Å². The SMILES string of the molecule is N#Cc1c(-c2ccc(Oc3nc(Nc4cccc(Cl)c4)nc(N4CCOCC4)n3)cc2)c(C#N)c2nc3ccccc3n2c1N. The normalized spacial score (nSPS) is 13.0. The highest BCUT2D eigenvalue weighted by molar-refractivity contribution is 6.30. The maximum atomic E-state index is 10.2. The van der Waals surface area contributed by atoms with E-state index in [4.69, 9.17) is 26.8 Å². The Bertz CT molecular complexity index is 2160. The van der Waals surface area contributed by atoms with E-state index in [9.17, 15) is 10.5 Å². The highest BCUT2D eigenvalue weighted by atomic mass is 35.5. The molecule has 3 aromatic carbocycles. The maximum absolute atomic E-state index is 10.2. The maximum Gasteiger partial charge on any atom is 0.328 e. The summed E-state index contributed by atoms with van der Waals surface area (Å²) < 4.78 is 13.2. The lowest BCUT2D eigenvalue weighted by Crippen LogP contribution is -2.37. The van der Waals surface area contributed by atoms with Crippen LogP contribution in [0.4, 0.5) is 23.4 Å². The van der Waals surface area contributed by atoms with Crippen LogP contribution in [0.3, 0.4) is 0 Å². The fourth-order valence-corrected chi connectivity index (χ4v) is 5.45. The number of aromatic nitrogens is 5. The van der Waals surface area contributed by atoms with Gasteiger partial charge in [0, 0.05) is 29.4 Å². The minimum atomic E-state index is 0.0777.